The Balaban J connectivity index is 1.70. The van der Waals surface area contributed by atoms with Gasteiger partial charge in [-0.2, -0.15) is 0 Å². The maximum absolute atomic E-state index is 13.2. The summed E-state index contributed by atoms with van der Waals surface area (Å²) in [5.41, 5.74) is 1.86. The second kappa shape index (κ2) is 10.7. The van der Waals surface area contributed by atoms with Crippen LogP contribution in [0.15, 0.2) is 54.9 Å². The molecule has 1 fully saturated rings. The number of morpholine rings is 1. The standard InChI is InChI=1S/C23H30N4O3/c1-18(2)27(17-19-7-6-10-24-15-19)23(29)25-16-21(20-8-4-3-5-9-20)22(28)26-11-13-30-14-12-26/h3-10,15,18,21H,11-14,16-17H2,1-2H3,(H,25,29). The van der Waals surface area contributed by atoms with Gasteiger partial charge in [0, 0.05) is 44.6 Å². The zero-order valence-corrected chi connectivity index (χ0v) is 17.7. The van der Waals surface area contributed by atoms with Gasteiger partial charge in [0.05, 0.1) is 19.1 Å². The lowest BCUT2D eigenvalue weighted by Crippen LogP contribution is -2.48. The molecule has 2 heterocycles. The first-order valence-electron chi connectivity index (χ1n) is 10.4. The first-order valence-corrected chi connectivity index (χ1v) is 10.4. The lowest BCUT2D eigenvalue weighted by atomic mass is 9.97. The van der Waals surface area contributed by atoms with E-state index in [-0.39, 0.29) is 24.5 Å². The number of rotatable bonds is 7. The highest BCUT2D eigenvalue weighted by atomic mass is 16.5. The number of urea groups is 1. The quantitative estimate of drug-likeness (QED) is 0.762. The molecule has 2 aromatic rings. The van der Waals surface area contributed by atoms with Gasteiger partial charge in [0.25, 0.3) is 0 Å². The number of amides is 3. The maximum Gasteiger partial charge on any atom is 0.317 e. The highest BCUT2D eigenvalue weighted by molar-refractivity contribution is 5.85. The summed E-state index contributed by atoms with van der Waals surface area (Å²) in [7, 11) is 0. The predicted molar refractivity (Wildman–Crippen MR) is 115 cm³/mol. The van der Waals surface area contributed by atoms with Crippen molar-refractivity contribution in [3.8, 4) is 0 Å². The summed E-state index contributed by atoms with van der Waals surface area (Å²) in [6, 6.07) is 13.3. The minimum atomic E-state index is -0.430. The van der Waals surface area contributed by atoms with E-state index in [1.165, 1.54) is 0 Å². The third-order valence-electron chi connectivity index (χ3n) is 5.24. The lowest BCUT2D eigenvalue weighted by molar-refractivity contribution is -0.136. The van der Waals surface area contributed by atoms with Crippen LogP contribution in [0.2, 0.25) is 0 Å². The molecule has 0 radical (unpaired) electrons. The molecule has 30 heavy (non-hydrogen) atoms. The zero-order chi connectivity index (χ0) is 21.3. The molecule has 1 unspecified atom stereocenters. The molecule has 1 aliphatic rings. The van der Waals surface area contributed by atoms with Crippen LogP contribution in [0.5, 0.6) is 0 Å². The number of carbonyl (C=O) groups is 2. The van der Waals surface area contributed by atoms with E-state index >= 15 is 0 Å². The van der Waals surface area contributed by atoms with E-state index < -0.39 is 5.92 Å². The molecule has 1 saturated heterocycles. The summed E-state index contributed by atoms with van der Waals surface area (Å²) >= 11 is 0. The van der Waals surface area contributed by atoms with Crippen LogP contribution in [0.25, 0.3) is 0 Å². The van der Waals surface area contributed by atoms with Crippen LogP contribution in [0.1, 0.15) is 30.9 Å². The molecule has 0 bridgehead atoms. The van der Waals surface area contributed by atoms with E-state index in [4.69, 9.17) is 4.74 Å². The smallest absolute Gasteiger partial charge is 0.317 e. The Morgan fingerprint density at radius 3 is 2.50 bits per heavy atom. The van der Waals surface area contributed by atoms with Gasteiger partial charge in [0.2, 0.25) is 5.91 Å². The Bertz CT molecular complexity index is 808. The normalized spacial score (nSPS) is 15.0. The van der Waals surface area contributed by atoms with Gasteiger partial charge in [-0.25, -0.2) is 4.79 Å². The second-order valence-electron chi connectivity index (χ2n) is 7.67. The average Bonchev–Trinajstić information content (AvgIpc) is 2.79. The van der Waals surface area contributed by atoms with Crippen molar-refractivity contribution in [2.45, 2.75) is 32.4 Å². The summed E-state index contributed by atoms with van der Waals surface area (Å²) in [5.74, 6) is -0.409. The molecular weight excluding hydrogens is 380 g/mol. The van der Waals surface area contributed by atoms with Crippen molar-refractivity contribution in [3.05, 3.63) is 66.0 Å². The molecule has 0 aliphatic carbocycles. The number of benzene rings is 1. The number of nitrogens with zero attached hydrogens (tertiary/aromatic N) is 3. The van der Waals surface area contributed by atoms with E-state index in [0.717, 1.165) is 11.1 Å². The van der Waals surface area contributed by atoms with Crippen molar-refractivity contribution in [2.75, 3.05) is 32.8 Å². The van der Waals surface area contributed by atoms with Gasteiger partial charge in [-0.1, -0.05) is 36.4 Å². The fraction of sp³-hybridized carbons (Fsp3) is 0.435. The number of hydrogen-bond donors (Lipinski definition) is 1. The summed E-state index contributed by atoms with van der Waals surface area (Å²) in [6.07, 6.45) is 3.47. The van der Waals surface area contributed by atoms with Crippen molar-refractivity contribution in [2.24, 2.45) is 0 Å². The first-order chi connectivity index (χ1) is 14.6. The SMILES string of the molecule is CC(C)N(Cc1cccnc1)C(=O)NCC(C(=O)N1CCOCC1)c1ccccc1. The summed E-state index contributed by atoms with van der Waals surface area (Å²) in [5, 5.41) is 2.99. The van der Waals surface area contributed by atoms with Gasteiger partial charge < -0.3 is 19.9 Å². The van der Waals surface area contributed by atoms with Crippen molar-refractivity contribution >= 4 is 11.9 Å². The number of carbonyl (C=O) groups excluding carboxylic acids is 2. The molecule has 160 valence electrons. The number of nitrogens with one attached hydrogen (secondary N) is 1. The van der Waals surface area contributed by atoms with Crippen LogP contribution in [-0.2, 0) is 16.1 Å². The number of aromatic nitrogens is 1. The van der Waals surface area contributed by atoms with Crippen molar-refractivity contribution < 1.29 is 14.3 Å². The van der Waals surface area contributed by atoms with Crippen LogP contribution >= 0.6 is 0 Å². The van der Waals surface area contributed by atoms with Gasteiger partial charge in [-0.3, -0.25) is 9.78 Å². The van der Waals surface area contributed by atoms with Crippen molar-refractivity contribution in [1.82, 2.24) is 20.1 Å². The molecule has 1 N–H and O–H groups in total. The number of ether oxygens (including phenoxy) is 1. The lowest BCUT2D eigenvalue weighted by Gasteiger charge is -2.32. The Morgan fingerprint density at radius 2 is 1.87 bits per heavy atom. The summed E-state index contributed by atoms with van der Waals surface area (Å²) in [6.45, 7) is 6.91. The van der Waals surface area contributed by atoms with Gasteiger partial charge in [0.15, 0.2) is 0 Å². The molecule has 7 heteroatoms. The topological polar surface area (TPSA) is 74.8 Å². The molecule has 1 aromatic heterocycles. The van der Waals surface area contributed by atoms with Gasteiger partial charge >= 0.3 is 6.03 Å². The van der Waals surface area contributed by atoms with E-state index in [1.54, 1.807) is 17.3 Å². The third kappa shape index (κ3) is 5.79. The molecule has 3 amide bonds. The Hall–Kier alpha value is -2.93. The van der Waals surface area contributed by atoms with Gasteiger partial charge in [-0.05, 0) is 31.0 Å². The maximum atomic E-state index is 13.2. The monoisotopic (exact) mass is 410 g/mol. The second-order valence-corrected chi connectivity index (χ2v) is 7.67. The first kappa shape index (κ1) is 21.8. The molecule has 1 aliphatic heterocycles. The van der Waals surface area contributed by atoms with Crippen LogP contribution in [0, 0.1) is 0 Å². The molecule has 0 saturated carbocycles. The fourth-order valence-corrected chi connectivity index (χ4v) is 3.51. The summed E-state index contributed by atoms with van der Waals surface area (Å²) in [4.78, 5) is 33.9. The van der Waals surface area contributed by atoms with Crippen molar-refractivity contribution in [3.63, 3.8) is 0 Å². The Kier molecular flexibility index (Phi) is 7.79. The van der Waals surface area contributed by atoms with E-state index in [9.17, 15) is 9.59 Å². The summed E-state index contributed by atoms with van der Waals surface area (Å²) < 4.78 is 5.37. The molecule has 1 atom stereocenters. The van der Waals surface area contributed by atoms with Crippen LogP contribution in [-0.4, -0.2) is 65.6 Å². The fourth-order valence-electron chi connectivity index (χ4n) is 3.51. The molecule has 1 aromatic carbocycles. The van der Waals surface area contributed by atoms with Crippen LogP contribution in [0.3, 0.4) is 0 Å². The van der Waals surface area contributed by atoms with Gasteiger partial charge in [-0.15, -0.1) is 0 Å². The van der Waals surface area contributed by atoms with Crippen LogP contribution in [0.4, 0.5) is 4.79 Å². The molecular formula is C23H30N4O3. The minimum Gasteiger partial charge on any atom is -0.378 e. The third-order valence-corrected chi connectivity index (χ3v) is 5.24. The number of hydrogen-bond acceptors (Lipinski definition) is 4. The molecule has 3 rings (SSSR count). The Morgan fingerprint density at radius 1 is 1.13 bits per heavy atom. The largest absolute Gasteiger partial charge is 0.378 e. The average molecular weight is 411 g/mol. The van der Waals surface area contributed by atoms with E-state index in [0.29, 0.717) is 32.8 Å². The highest BCUT2D eigenvalue weighted by Crippen LogP contribution is 2.19. The van der Waals surface area contributed by atoms with E-state index in [1.807, 2.05) is 61.2 Å². The zero-order valence-electron chi connectivity index (χ0n) is 17.7. The van der Waals surface area contributed by atoms with Gasteiger partial charge in [0.1, 0.15) is 0 Å². The van der Waals surface area contributed by atoms with Crippen LogP contribution < -0.4 is 5.32 Å². The highest BCUT2D eigenvalue weighted by Gasteiger charge is 2.28. The Labute approximate surface area is 178 Å². The minimum absolute atomic E-state index is 0.00956. The van der Waals surface area contributed by atoms with E-state index in [2.05, 4.69) is 10.3 Å². The number of pyridine rings is 1. The van der Waals surface area contributed by atoms with Crippen molar-refractivity contribution in [1.29, 1.82) is 0 Å². The molecule has 7 nitrogen and oxygen atoms in total. The predicted octanol–water partition coefficient (Wildman–Crippen LogP) is 2.64. The molecule has 0 spiro atoms.